The maximum atomic E-state index is 13.2. The maximum Gasteiger partial charge on any atom is 0.169 e. The van der Waals surface area contributed by atoms with Crippen molar-refractivity contribution < 1.29 is 8.81 Å². The number of hydrogen-bond donors (Lipinski definition) is 1. The predicted molar refractivity (Wildman–Crippen MR) is 77.7 cm³/mol. The molecule has 0 amide bonds. The van der Waals surface area contributed by atoms with Crippen LogP contribution in [0.3, 0.4) is 0 Å². The van der Waals surface area contributed by atoms with Gasteiger partial charge in [0.05, 0.1) is 6.04 Å². The topological polar surface area (TPSA) is 25.2 Å². The minimum atomic E-state index is -0.212. The molecule has 2 nitrogen and oxygen atoms in total. The maximum absolute atomic E-state index is 13.2. The fourth-order valence-corrected chi connectivity index (χ4v) is 2.42. The summed E-state index contributed by atoms with van der Waals surface area (Å²) < 4.78 is 19.6. The molecule has 1 heterocycles. The van der Waals surface area contributed by atoms with E-state index < -0.39 is 0 Å². The van der Waals surface area contributed by atoms with E-state index in [2.05, 4.69) is 28.2 Å². The van der Waals surface area contributed by atoms with Crippen LogP contribution in [0.15, 0.2) is 39.4 Å². The second-order valence-corrected chi connectivity index (χ2v) is 5.31. The molecule has 0 aliphatic heterocycles. The van der Waals surface area contributed by atoms with Crippen LogP contribution < -0.4 is 5.32 Å². The molecule has 102 valence electrons. The van der Waals surface area contributed by atoms with Gasteiger partial charge >= 0.3 is 0 Å². The molecule has 1 aromatic carbocycles. The molecule has 2 rings (SSSR count). The van der Waals surface area contributed by atoms with E-state index in [-0.39, 0.29) is 11.9 Å². The Morgan fingerprint density at radius 2 is 2.11 bits per heavy atom. The average Bonchev–Trinajstić information content (AvgIpc) is 2.78. The largest absolute Gasteiger partial charge is 0.452 e. The molecule has 0 bridgehead atoms. The first-order valence-corrected chi connectivity index (χ1v) is 7.15. The molecular weight excluding hydrogens is 309 g/mol. The van der Waals surface area contributed by atoms with Gasteiger partial charge in [-0.3, -0.25) is 0 Å². The van der Waals surface area contributed by atoms with Crippen molar-refractivity contribution in [2.24, 2.45) is 0 Å². The summed E-state index contributed by atoms with van der Waals surface area (Å²) in [5.74, 6) is 0.617. The summed E-state index contributed by atoms with van der Waals surface area (Å²) in [6.45, 7) is 4.90. The Morgan fingerprint density at radius 1 is 1.32 bits per heavy atom. The highest BCUT2D eigenvalue weighted by atomic mass is 79.9. The summed E-state index contributed by atoms with van der Waals surface area (Å²) in [6.07, 6.45) is 1.03. The van der Waals surface area contributed by atoms with Gasteiger partial charge < -0.3 is 9.73 Å². The molecule has 0 spiro atoms. The van der Waals surface area contributed by atoms with Gasteiger partial charge in [-0.05, 0) is 71.2 Å². The molecule has 0 fully saturated rings. The van der Waals surface area contributed by atoms with Crippen LogP contribution in [0.1, 0.15) is 36.3 Å². The number of aryl methyl sites for hydroxylation is 1. The van der Waals surface area contributed by atoms with E-state index in [4.69, 9.17) is 4.42 Å². The Hall–Kier alpha value is -1.13. The molecule has 2 aromatic rings. The van der Waals surface area contributed by atoms with Gasteiger partial charge in [-0.2, -0.15) is 0 Å². The second kappa shape index (κ2) is 6.35. The summed E-state index contributed by atoms with van der Waals surface area (Å²) in [4.78, 5) is 0. The molecule has 1 aromatic heterocycles. The Bertz CT molecular complexity index is 553. The van der Waals surface area contributed by atoms with Gasteiger partial charge in [0.15, 0.2) is 4.67 Å². The number of furan rings is 1. The molecule has 19 heavy (non-hydrogen) atoms. The first kappa shape index (κ1) is 14.3. The number of hydrogen-bond acceptors (Lipinski definition) is 2. The Kier molecular flexibility index (Phi) is 4.77. The van der Waals surface area contributed by atoms with Crippen LogP contribution in [0.2, 0.25) is 0 Å². The zero-order valence-corrected chi connectivity index (χ0v) is 12.6. The SMILES string of the molecule is CCCNC(c1ccc(Br)o1)c1ccc(F)cc1C. The van der Waals surface area contributed by atoms with Crippen LogP contribution in [0.5, 0.6) is 0 Å². The highest BCUT2D eigenvalue weighted by Gasteiger charge is 2.19. The van der Waals surface area contributed by atoms with Crippen molar-refractivity contribution in [2.75, 3.05) is 6.54 Å². The van der Waals surface area contributed by atoms with Crippen molar-refractivity contribution in [1.82, 2.24) is 5.32 Å². The molecule has 0 aliphatic rings. The smallest absolute Gasteiger partial charge is 0.169 e. The van der Waals surface area contributed by atoms with E-state index in [1.54, 1.807) is 6.07 Å². The molecule has 0 radical (unpaired) electrons. The number of benzene rings is 1. The number of nitrogens with one attached hydrogen (secondary N) is 1. The summed E-state index contributed by atoms with van der Waals surface area (Å²) >= 11 is 3.32. The van der Waals surface area contributed by atoms with E-state index >= 15 is 0 Å². The van der Waals surface area contributed by atoms with Crippen LogP contribution in [-0.2, 0) is 0 Å². The van der Waals surface area contributed by atoms with Crippen molar-refractivity contribution in [3.05, 3.63) is 57.7 Å². The van der Waals surface area contributed by atoms with Crippen molar-refractivity contribution in [3.63, 3.8) is 0 Å². The summed E-state index contributed by atoms with van der Waals surface area (Å²) in [6, 6.07) is 8.60. The van der Waals surface area contributed by atoms with Crippen LogP contribution in [-0.4, -0.2) is 6.54 Å². The monoisotopic (exact) mass is 325 g/mol. The third-order valence-electron chi connectivity index (χ3n) is 3.02. The third kappa shape index (κ3) is 3.45. The fraction of sp³-hybridized carbons (Fsp3) is 0.333. The van der Waals surface area contributed by atoms with Gasteiger partial charge in [-0.15, -0.1) is 0 Å². The molecule has 0 saturated heterocycles. The van der Waals surface area contributed by atoms with Gasteiger partial charge in [0, 0.05) is 0 Å². The van der Waals surface area contributed by atoms with Gasteiger partial charge in [-0.25, -0.2) is 4.39 Å². The van der Waals surface area contributed by atoms with E-state index in [9.17, 15) is 4.39 Å². The number of rotatable bonds is 5. The summed E-state index contributed by atoms with van der Waals surface area (Å²) in [7, 11) is 0. The molecular formula is C15H17BrFNO. The second-order valence-electron chi connectivity index (χ2n) is 4.53. The van der Waals surface area contributed by atoms with Crippen molar-refractivity contribution in [3.8, 4) is 0 Å². The van der Waals surface area contributed by atoms with Gasteiger partial charge in [0.2, 0.25) is 0 Å². The van der Waals surface area contributed by atoms with Gasteiger partial charge in [0.1, 0.15) is 11.6 Å². The van der Waals surface area contributed by atoms with Crippen LogP contribution in [0.25, 0.3) is 0 Å². The minimum absolute atomic E-state index is 0.0492. The average molecular weight is 326 g/mol. The molecule has 0 aliphatic carbocycles. The fourth-order valence-electron chi connectivity index (χ4n) is 2.10. The molecule has 1 atom stereocenters. The van der Waals surface area contributed by atoms with Gasteiger partial charge in [0.25, 0.3) is 0 Å². The minimum Gasteiger partial charge on any atom is -0.452 e. The first-order chi connectivity index (χ1) is 9.11. The summed E-state index contributed by atoms with van der Waals surface area (Å²) in [5, 5.41) is 3.44. The quantitative estimate of drug-likeness (QED) is 0.870. The lowest BCUT2D eigenvalue weighted by Gasteiger charge is -2.19. The normalized spacial score (nSPS) is 12.6. The Balaban J connectivity index is 2.36. The summed E-state index contributed by atoms with van der Waals surface area (Å²) in [5.41, 5.74) is 1.96. The standard InChI is InChI=1S/C15H17BrFNO/c1-3-8-18-15(13-6-7-14(16)19-13)12-5-4-11(17)9-10(12)2/h4-7,9,15,18H,3,8H2,1-2H3. The van der Waals surface area contributed by atoms with Crippen molar-refractivity contribution in [2.45, 2.75) is 26.3 Å². The number of halogens is 2. The van der Waals surface area contributed by atoms with E-state index in [1.807, 2.05) is 25.1 Å². The van der Waals surface area contributed by atoms with Crippen LogP contribution >= 0.6 is 15.9 Å². The lowest BCUT2D eigenvalue weighted by atomic mass is 9.99. The van der Waals surface area contributed by atoms with Crippen molar-refractivity contribution >= 4 is 15.9 Å². The lowest BCUT2D eigenvalue weighted by molar-refractivity contribution is 0.432. The van der Waals surface area contributed by atoms with E-state index in [0.717, 1.165) is 29.9 Å². The first-order valence-electron chi connectivity index (χ1n) is 6.36. The van der Waals surface area contributed by atoms with E-state index in [1.165, 1.54) is 6.07 Å². The lowest BCUT2D eigenvalue weighted by Crippen LogP contribution is -2.23. The zero-order valence-electron chi connectivity index (χ0n) is 11.0. The predicted octanol–water partition coefficient (Wildman–Crippen LogP) is 4.58. The Morgan fingerprint density at radius 3 is 2.68 bits per heavy atom. The molecule has 1 unspecified atom stereocenters. The third-order valence-corrected chi connectivity index (χ3v) is 3.45. The zero-order chi connectivity index (χ0) is 13.8. The highest BCUT2D eigenvalue weighted by Crippen LogP contribution is 2.28. The van der Waals surface area contributed by atoms with Crippen LogP contribution in [0, 0.1) is 12.7 Å². The Labute approximate surface area is 121 Å². The molecule has 0 saturated carbocycles. The van der Waals surface area contributed by atoms with Crippen LogP contribution in [0.4, 0.5) is 4.39 Å². The highest BCUT2D eigenvalue weighted by molar-refractivity contribution is 9.10. The van der Waals surface area contributed by atoms with Gasteiger partial charge in [-0.1, -0.05) is 13.0 Å². The van der Waals surface area contributed by atoms with E-state index in [0.29, 0.717) is 4.67 Å². The molecule has 4 heteroatoms. The molecule has 1 N–H and O–H groups in total. The van der Waals surface area contributed by atoms with Crippen molar-refractivity contribution in [1.29, 1.82) is 0 Å².